The molecule has 0 saturated heterocycles. The first kappa shape index (κ1) is 13.4. The quantitative estimate of drug-likeness (QED) is 0.596. The molecule has 0 radical (unpaired) electrons. The second-order valence-electron chi connectivity index (χ2n) is 2.49. The summed E-state index contributed by atoms with van der Waals surface area (Å²) in [6.45, 7) is 0. The number of halogens is 7. The molecule has 2 nitrogen and oxygen atoms in total. The predicted molar refractivity (Wildman–Crippen MR) is 48.6 cm³/mol. The normalized spacial score (nSPS) is 12.0. The van der Waals surface area contributed by atoms with Crippen LogP contribution in [0.2, 0.25) is 5.02 Å². The summed E-state index contributed by atoms with van der Waals surface area (Å²) >= 11 is 8.13. The first-order valence-electron chi connectivity index (χ1n) is 3.60. The summed E-state index contributed by atoms with van der Waals surface area (Å²) in [5.41, 5.74) is -1.13. The Hall–Kier alpha value is -0.630. The second kappa shape index (κ2) is 4.70. The monoisotopic (exact) mass is 325 g/mol. The molecular formula is C7H2BrClF5NO. The van der Waals surface area contributed by atoms with Crippen LogP contribution in [0.1, 0.15) is 12.1 Å². The highest BCUT2D eigenvalue weighted by atomic mass is 79.9. The molecule has 90 valence electrons. The Morgan fingerprint density at radius 3 is 2.38 bits per heavy atom. The van der Waals surface area contributed by atoms with E-state index in [1.807, 2.05) is 0 Å². The fourth-order valence-electron chi connectivity index (χ4n) is 0.826. The summed E-state index contributed by atoms with van der Waals surface area (Å²) in [6.07, 6.45) is -8.28. The van der Waals surface area contributed by atoms with Gasteiger partial charge in [0, 0.05) is 6.07 Å². The summed E-state index contributed by atoms with van der Waals surface area (Å²) in [5.74, 6) is -1.12. The highest BCUT2D eigenvalue weighted by molar-refractivity contribution is 9.10. The lowest BCUT2D eigenvalue weighted by atomic mass is 10.3. The van der Waals surface area contributed by atoms with E-state index in [0.717, 1.165) is 0 Å². The lowest BCUT2D eigenvalue weighted by Gasteiger charge is -2.12. The lowest BCUT2D eigenvalue weighted by molar-refractivity contribution is -0.275. The molecule has 0 aliphatic heterocycles. The molecule has 1 aromatic heterocycles. The van der Waals surface area contributed by atoms with Crippen LogP contribution in [0.25, 0.3) is 0 Å². The lowest BCUT2D eigenvalue weighted by Crippen LogP contribution is -2.18. The van der Waals surface area contributed by atoms with Crippen molar-refractivity contribution in [1.82, 2.24) is 4.98 Å². The van der Waals surface area contributed by atoms with E-state index in [9.17, 15) is 22.0 Å². The molecule has 0 spiro atoms. The maximum Gasteiger partial charge on any atom is 0.573 e. The standard InChI is InChI=1S/C7H2BrClF5NO/c8-5-2(9)1-3(16-7(12,13)14)4(15-5)6(10)11/h1,6H. The van der Waals surface area contributed by atoms with Crippen molar-refractivity contribution in [3.05, 3.63) is 21.4 Å². The second-order valence-corrected chi connectivity index (χ2v) is 3.65. The van der Waals surface area contributed by atoms with Crippen LogP contribution in [0, 0.1) is 0 Å². The molecular weight excluding hydrogens is 324 g/mol. The molecule has 9 heteroatoms. The molecule has 0 atom stereocenters. The summed E-state index contributed by atoms with van der Waals surface area (Å²) in [6, 6.07) is 0.619. The largest absolute Gasteiger partial charge is 0.573 e. The third kappa shape index (κ3) is 3.44. The van der Waals surface area contributed by atoms with Crippen LogP contribution >= 0.6 is 27.5 Å². The van der Waals surface area contributed by atoms with E-state index in [0.29, 0.717) is 6.07 Å². The van der Waals surface area contributed by atoms with E-state index in [1.54, 1.807) is 0 Å². The zero-order chi connectivity index (χ0) is 12.5. The smallest absolute Gasteiger partial charge is 0.404 e. The molecule has 0 bridgehead atoms. The molecule has 0 aliphatic rings. The fourth-order valence-corrected chi connectivity index (χ4v) is 1.27. The van der Waals surface area contributed by atoms with Gasteiger partial charge in [-0.2, -0.15) is 0 Å². The molecule has 1 aromatic rings. The Kier molecular flexibility index (Phi) is 3.95. The van der Waals surface area contributed by atoms with Crippen LogP contribution in [0.4, 0.5) is 22.0 Å². The van der Waals surface area contributed by atoms with Gasteiger partial charge in [0.05, 0.1) is 5.02 Å². The minimum Gasteiger partial charge on any atom is -0.404 e. The molecule has 0 amide bonds. The Balaban J connectivity index is 3.20. The molecule has 0 aromatic carbocycles. The van der Waals surface area contributed by atoms with Crippen LogP contribution in [-0.4, -0.2) is 11.3 Å². The average Bonchev–Trinajstić information content (AvgIpc) is 2.07. The van der Waals surface area contributed by atoms with Crippen molar-refractivity contribution in [3.8, 4) is 5.75 Å². The number of nitrogens with zero attached hydrogens (tertiary/aromatic N) is 1. The van der Waals surface area contributed by atoms with Crippen molar-refractivity contribution in [2.75, 3.05) is 0 Å². The number of aromatic nitrogens is 1. The minimum atomic E-state index is -5.08. The van der Waals surface area contributed by atoms with Gasteiger partial charge >= 0.3 is 6.36 Å². The van der Waals surface area contributed by atoms with Crippen molar-refractivity contribution in [2.24, 2.45) is 0 Å². The number of hydrogen-bond donors (Lipinski definition) is 0. The third-order valence-electron chi connectivity index (χ3n) is 1.36. The Labute approximate surface area is 99.5 Å². The van der Waals surface area contributed by atoms with Gasteiger partial charge in [-0.15, -0.1) is 13.2 Å². The van der Waals surface area contributed by atoms with Gasteiger partial charge in [-0.05, 0) is 15.9 Å². The van der Waals surface area contributed by atoms with Crippen LogP contribution in [0.15, 0.2) is 10.7 Å². The molecule has 1 rings (SSSR count). The van der Waals surface area contributed by atoms with Crippen molar-refractivity contribution in [2.45, 2.75) is 12.8 Å². The number of hydrogen-bond acceptors (Lipinski definition) is 2. The topological polar surface area (TPSA) is 22.1 Å². The highest BCUT2D eigenvalue weighted by Gasteiger charge is 2.34. The van der Waals surface area contributed by atoms with Gasteiger partial charge in [0.1, 0.15) is 10.3 Å². The average molecular weight is 326 g/mol. The zero-order valence-electron chi connectivity index (χ0n) is 7.16. The van der Waals surface area contributed by atoms with Crippen molar-refractivity contribution >= 4 is 27.5 Å². The Morgan fingerprint density at radius 2 is 1.94 bits per heavy atom. The summed E-state index contributed by atoms with van der Waals surface area (Å²) in [5, 5.41) is -0.261. The van der Waals surface area contributed by atoms with Crippen LogP contribution in [0.3, 0.4) is 0 Å². The molecule has 0 unspecified atom stereocenters. The maximum atomic E-state index is 12.3. The molecule has 16 heavy (non-hydrogen) atoms. The molecule has 0 aliphatic carbocycles. The van der Waals surface area contributed by atoms with Crippen LogP contribution in [0.5, 0.6) is 5.75 Å². The minimum absolute atomic E-state index is 0.181. The van der Waals surface area contributed by atoms with Gasteiger partial charge in [0.25, 0.3) is 6.43 Å². The van der Waals surface area contributed by atoms with E-state index in [2.05, 4.69) is 25.7 Å². The van der Waals surface area contributed by atoms with Gasteiger partial charge < -0.3 is 4.74 Å². The fraction of sp³-hybridized carbons (Fsp3) is 0.286. The maximum absolute atomic E-state index is 12.3. The van der Waals surface area contributed by atoms with E-state index in [1.165, 1.54) is 0 Å². The number of rotatable bonds is 2. The van der Waals surface area contributed by atoms with E-state index in [-0.39, 0.29) is 9.63 Å². The number of pyridine rings is 1. The SMILES string of the molecule is FC(F)c1nc(Br)c(Cl)cc1OC(F)(F)F. The zero-order valence-corrected chi connectivity index (χ0v) is 9.50. The van der Waals surface area contributed by atoms with Gasteiger partial charge in [-0.3, -0.25) is 0 Å². The molecule has 0 saturated carbocycles. The first-order chi connectivity index (χ1) is 7.20. The predicted octanol–water partition coefficient (Wildman–Crippen LogP) is 4.33. The Morgan fingerprint density at radius 1 is 1.38 bits per heavy atom. The molecule has 0 fully saturated rings. The van der Waals surface area contributed by atoms with Crippen LogP contribution in [-0.2, 0) is 0 Å². The third-order valence-corrected chi connectivity index (χ3v) is 2.48. The summed E-state index contributed by atoms with van der Waals surface area (Å²) in [7, 11) is 0. The van der Waals surface area contributed by atoms with Gasteiger partial charge in [0.2, 0.25) is 0 Å². The van der Waals surface area contributed by atoms with E-state index < -0.39 is 24.2 Å². The Bertz CT molecular complexity index is 397. The van der Waals surface area contributed by atoms with Gasteiger partial charge in [0.15, 0.2) is 5.75 Å². The van der Waals surface area contributed by atoms with Crippen LogP contribution < -0.4 is 4.74 Å². The van der Waals surface area contributed by atoms with Crippen molar-refractivity contribution in [1.29, 1.82) is 0 Å². The first-order valence-corrected chi connectivity index (χ1v) is 4.77. The van der Waals surface area contributed by atoms with E-state index in [4.69, 9.17) is 11.6 Å². The van der Waals surface area contributed by atoms with Crippen molar-refractivity contribution in [3.63, 3.8) is 0 Å². The summed E-state index contributed by atoms with van der Waals surface area (Å²) < 4.78 is 63.5. The highest BCUT2D eigenvalue weighted by Crippen LogP contribution is 2.36. The molecule has 1 heterocycles. The van der Waals surface area contributed by atoms with Gasteiger partial charge in [-0.1, -0.05) is 11.6 Å². The van der Waals surface area contributed by atoms with Crippen molar-refractivity contribution < 1.29 is 26.7 Å². The van der Waals surface area contributed by atoms with Gasteiger partial charge in [-0.25, -0.2) is 13.8 Å². The molecule has 0 N–H and O–H groups in total. The number of ether oxygens (including phenoxy) is 1. The number of alkyl halides is 5. The van der Waals surface area contributed by atoms with E-state index >= 15 is 0 Å². The summed E-state index contributed by atoms with van der Waals surface area (Å²) in [4.78, 5) is 3.17.